The molecule has 0 amide bonds. The number of hydrogen-bond acceptors (Lipinski definition) is 5. The Hall–Kier alpha value is -1.36. The first-order chi connectivity index (χ1) is 7.72. The fourth-order valence-electron chi connectivity index (χ4n) is 1.11. The van der Waals surface area contributed by atoms with Crippen molar-refractivity contribution in [3.05, 3.63) is 12.8 Å². The maximum absolute atomic E-state index is 11.1. The highest BCUT2D eigenvalue weighted by molar-refractivity contribution is 5.70. The second-order valence-corrected chi connectivity index (χ2v) is 3.50. The zero-order valence-corrected chi connectivity index (χ0v) is 9.15. The molecular formula is C11H16O5. The summed E-state index contributed by atoms with van der Waals surface area (Å²) in [7, 11) is 0. The summed E-state index contributed by atoms with van der Waals surface area (Å²) < 4.78 is 14.3. The zero-order chi connectivity index (χ0) is 11.8. The summed E-state index contributed by atoms with van der Waals surface area (Å²) in [6.45, 7) is 4.30. The van der Waals surface area contributed by atoms with Gasteiger partial charge < -0.3 is 14.2 Å². The third-order valence-electron chi connectivity index (χ3n) is 2.06. The lowest BCUT2D eigenvalue weighted by Crippen LogP contribution is -2.09. The molecule has 16 heavy (non-hydrogen) atoms. The number of esters is 2. The third kappa shape index (κ3) is 6.19. The van der Waals surface area contributed by atoms with Gasteiger partial charge in [-0.3, -0.25) is 9.59 Å². The monoisotopic (exact) mass is 228 g/mol. The van der Waals surface area contributed by atoms with Crippen molar-refractivity contribution < 1.29 is 23.8 Å². The van der Waals surface area contributed by atoms with Crippen molar-refractivity contribution in [2.75, 3.05) is 13.2 Å². The van der Waals surface area contributed by atoms with Crippen molar-refractivity contribution in [2.45, 2.75) is 31.8 Å². The molecule has 5 nitrogen and oxygen atoms in total. The number of rotatable bonds is 8. The van der Waals surface area contributed by atoms with Gasteiger partial charge in [0, 0.05) is 12.8 Å². The molecule has 0 aliphatic carbocycles. The first-order valence-electron chi connectivity index (χ1n) is 5.30. The topological polar surface area (TPSA) is 65.1 Å². The van der Waals surface area contributed by atoms with E-state index in [1.54, 1.807) is 0 Å². The van der Waals surface area contributed by atoms with Gasteiger partial charge in [-0.05, 0) is 12.8 Å². The summed E-state index contributed by atoms with van der Waals surface area (Å²) >= 11 is 0. The molecule has 1 saturated heterocycles. The van der Waals surface area contributed by atoms with Gasteiger partial charge in [-0.25, -0.2) is 0 Å². The molecule has 0 aromatic heterocycles. The van der Waals surface area contributed by atoms with E-state index < -0.39 is 0 Å². The molecule has 1 aliphatic heterocycles. The van der Waals surface area contributed by atoms with E-state index in [9.17, 15) is 9.59 Å². The van der Waals surface area contributed by atoms with E-state index in [1.807, 2.05) is 0 Å². The zero-order valence-electron chi connectivity index (χ0n) is 9.15. The lowest BCUT2D eigenvalue weighted by Gasteiger charge is -2.02. The number of ether oxygens (including phenoxy) is 3. The molecule has 1 fully saturated rings. The molecule has 0 radical (unpaired) electrons. The standard InChI is InChI=1S/C11H16O5/c1-2-14-10(12)5-3-4-6-11(13)16-8-9-7-15-9/h2,9H,1,3-8H2. The Morgan fingerprint density at radius 3 is 2.50 bits per heavy atom. The molecule has 1 rings (SSSR count). The van der Waals surface area contributed by atoms with Crippen LogP contribution in [0.4, 0.5) is 0 Å². The Bertz CT molecular complexity index is 257. The van der Waals surface area contributed by atoms with Gasteiger partial charge in [0.2, 0.25) is 0 Å². The Morgan fingerprint density at radius 2 is 1.94 bits per heavy atom. The van der Waals surface area contributed by atoms with Crippen molar-refractivity contribution in [2.24, 2.45) is 0 Å². The summed E-state index contributed by atoms with van der Waals surface area (Å²) in [6.07, 6.45) is 3.07. The maximum atomic E-state index is 11.1. The lowest BCUT2D eigenvalue weighted by molar-refractivity contribution is -0.144. The molecule has 0 spiro atoms. The van der Waals surface area contributed by atoms with Gasteiger partial charge in [-0.2, -0.15) is 0 Å². The van der Waals surface area contributed by atoms with Crippen LogP contribution >= 0.6 is 0 Å². The summed E-state index contributed by atoms with van der Waals surface area (Å²) in [6, 6.07) is 0. The molecule has 1 atom stereocenters. The average molecular weight is 228 g/mol. The van der Waals surface area contributed by atoms with Crippen LogP contribution in [-0.4, -0.2) is 31.3 Å². The van der Waals surface area contributed by atoms with E-state index in [0.717, 1.165) is 6.26 Å². The smallest absolute Gasteiger partial charge is 0.310 e. The first-order valence-corrected chi connectivity index (χ1v) is 5.30. The summed E-state index contributed by atoms with van der Waals surface area (Å²) in [5.74, 6) is -0.567. The molecule has 0 saturated carbocycles. The number of epoxide rings is 1. The molecule has 0 aromatic carbocycles. The van der Waals surface area contributed by atoms with Gasteiger partial charge in [0.25, 0.3) is 0 Å². The largest absolute Gasteiger partial charge is 0.463 e. The Labute approximate surface area is 94.4 Å². The Morgan fingerprint density at radius 1 is 1.31 bits per heavy atom. The molecular weight excluding hydrogens is 212 g/mol. The van der Waals surface area contributed by atoms with E-state index in [2.05, 4.69) is 11.3 Å². The summed E-state index contributed by atoms with van der Waals surface area (Å²) in [5, 5.41) is 0. The predicted octanol–water partition coefficient (Wildman–Crippen LogP) is 1.18. The van der Waals surface area contributed by atoms with Crippen LogP contribution in [0.2, 0.25) is 0 Å². The van der Waals surface area contributed by atoms with E-state index in [-0.39, 0.29) is 18.0 Å². The van der Waals surface area contributed by atoms with E-state index in [4.69, 9.17) is 9.47 Å². The van der Waals surface area contributed by atoms with E-state index in [0.29, 0.717) is 38.9 Å². The predicted molar refractivity (Wildman–Crippen MR) is 55.5 cm³/mol. The number of hydrogen-bond donors (Lipinski definition) is 0. The Balaban J connectivity index is 1.90. The molecule has 0 N–H and O–H groups in total. The highest BCUT2D eigenvalue weighted by Gasteiger charge is 2.23. The molecule has 1 heterocycles. The van der Waals surface area contributed by atoms with Crippen molar-refractivity contribution in [1.29, 1.82) is 0 Å². The maximum Gasteiger partial charge on any atom is 0.310 e. The average Bonchev–Trinajstić information content (AvgIpc) is 3.06. The molecule has 5 heteroatoms. The third-order valence-corrected chi connectivity index (χ3v) is 2.06. The van der Waals surface area contributed by atoms with Gasteiger partial charge in [-0.1, -0.05) is 6.58 Å². The summed E-state index contributed by atoms with van der Waals surface area (Å²) in [4.78, 5) is 22.0. The highest BCUT2D eigenvalue weighted by atomic mass is 16.6. The van der Waals surface area contributed by atoms with Gasteiger partial charge in [0.15, 0.2) is 0 Å². The minimum Gasteiger partial charge on any atom is -0.463 e. The SMILES string of the molecule is C=COC(=O)CCCCC(=O)OCC1CO1. The quantitative estimate of drug-likeness (QED) is 0.270. The minimum atomic E-state index is -0.324. The molecule has 0 bridgehead atoms. The fourth-order valence-corrected chi connectivity index (χ4v) is 1.11. The van der Waals surface area contributed by atoms with Crippen LogP contribution in [0.1, 0.15) is 25.7 Å². The normalized spacial score (nSPS) is 17.6. The van der Waals surface area contributed by atoms with Crippen LogP contribution < -0.4 is 0 Å². The fraction of sp³-hybridized carbons (Fsp3) is 0.636. The van der Waals surface area contributed by atoms with E-state index in [1.165, 1.54) is 0 Å². The van der Waals surface area contributed by atoms with Crippen molar-refractivity contribution in [3.63, 3.8) is 0 Å². The van der Waals surface area contributed by atoms with Crippen LogP contribution in [0.25, 0.3) is 0 Å². The minimum absolute atomic E-state index is 0.103. The summed E-state index contributed by atoms with van der Waals surface area (Å²) in [5.41, 5.74) is 0. The van der Waals surface area contributed by atoms with E-state index >= 15 is 0 Å². The van der Waals surface area contributed by atoms with Crippen LogP contribution in [-0.2, 0) is 23.8 Å². The lowest BCUT2D eigenvalue weighted by atomic mass is 10.2. The van der Waals surface area contributed by atoms with Crippen molar-refractivity contribution in [3.8, 4) is 0 Å². The number of carbonyl (C=O) groups excluding carboxylic acids is 2. The highest BCUT2D eigenvalue weighted by Crippen LogP contribution is 2.10. The van der Waals surface area contributed by atoms with Crippen LogP contribution in [0, 0.1) is 0 Å². The molecule has 90 valence electrons. The van der Waals surface area contributed by atoms with Crippen molar-refractivity contribution >= 4 is 11.9 Å². The van der Waals surface area contributed by atoms with Gasteiger partial charge in [0.05, 0.1) is 12.9 Å². The van der Waals surface area contributed by atoms with Gasteiger partial charge in [0.1, 0.15) is 12.7 Å². The molecule has 1 aliphatic rings. The molecule has 1 unspecified atom stereocenters. The van der Waals surface area contributed by atoms with Crippen LogP contribution in [0.3, 0.4) is 0 Å². The Kier molecular flexibility index (Phi) is 5.56. The van der Waals surface area contributed by atoms with Crippen LogP contribution in [0.5, 0.6) is 0 Å². The second-order valence-electron chi connectivity index (χ2n) is 3.50. The number of carbonyl (C=O) groups is 2. The van der Waals surface area contributed by atoms with Crippen LogP contribution in [0.15, 0.2) is 12.8 Å². The van der Waals surface area contributed by atoms with Gasteiger partial charge >= 0.3 is 11.9 Å². The van der Waals surface area contributed by atoms with Crippen molar-refractivity contribution in [1.82, 2.24) is 0 Å². The van der Waals surface area contributed by atoms with Gasteiger partial charge in [-0.15, -0.1) is 0 Å². The first kappa shape index (κ1) is 12.7. The second kappa shape index (κ2) is 7.00. The number of unbranched alkanes of at least 4 members (excludes halogenated alkanes) is 1. The molecule has 0 aromatic rings.